The van der Waals surface area contributed by atoms with Gasteiger partial charge in [0, 0.05) is 0 Å². The molecule has 272 valence electrons. The lowest BCUT2D eigenvalue weighted by atomic mass is 10.0. The van der Waals surface area contributed by atoms with Crippen molar-refractivity contribution in [3.63, 3.8) is 0 Å². The standard InChI is InChI=1S/C46H76O2/c1-3-45(47)43-41-39-37-35-33-31-29-27-25-23-21-19-17-15-13-11-9-7-5-6-8-10-12-14-16-18-20-22-24-26-28-30-32-34-36-38-40-42-44-46(48)4-2/h1-2,7,9,12,14,19,21,41-48H,5-6,8,10-11,13,15-18,20,22-40H2. The van der Waals surface area contributed by atoms with Crippen LogP contribution in [-0.4, -0.2) is 22.4 Å². The molecule has 0 rings (SSSR count). The van der Waals surface area contributed by atoms with Crippen molar-refractivity contribution in [2.45, 2.75) is 205 Å². The van der Waals surface area contributed by atoms with E-state index in [4.69, 9.17) is 12.8 Å². The zero-order chi connectivity index (χ0) is 34.9. The van der Waals surface area contributed by atoms with Crippen molar-refractivity contribution in [3.05, 3.63) is 60.8 Å². The van der Waals surface area contributed by atoms with Crippen molar-refractivity contribution in [1.82, 2.24) is 0 Å². The number of hydrogen-bond donors (Lipinski definition) is 2. The van der Waals surface area contributed by atoms with Crippen LogP contribution in [-0.2, 0) is 0 Å². The molecule has 0 aromatic carbocycles. The van der Waals surface area contributed by atoms with E-state index in [1.165, 1.54) is 180 Å². The molecule has 0 amide bonds. The van der Waals surface area contributed by atoms with Crippen LogP contribution in [0.4, 0.5) is 0 Å². The topological polar surface area (TPSA) is 40.5 Å². The Hall–Kier alpha value is -2.26. The molecule has 0 aliphatic heterocycles. The zero-order valence-corrected chi connectivity index (χ0v) is 31.2. The fourth-order valence-electron chi connectivity index (χ4n) is 5.84. The van der Waals surface area contributed by atoms with E-state index in [1.54, 1.807) is 12.2 Å². The average Bonchev–Trinajstić information content (AvgIpc) is 3.10. The van der Waals surface area contributed by atoms with Crippen LogP contribution in [0, 0.1) is 24.7 Å². The van der Waals surface area contributed by atoms with Crippen LogP contribution in [0.25, 0.3) is 0 Å². The summed E-state index contributed by atoms with van der Waals surface area (Å²) in [6.07, 6.45) is 69.5. The molecule has 0 aliphatic carbocycles. The fourth-order valence-corrected chi connectivity index (χ4v) is 5.84. The second-order valence-corrected chi connectivity index (χ2v) is 13.6. The molecule has 0 bridgehead atoms. The van der Waals surface area contributed by atoms with Gasteiger partial charge in [0.15, 0.2) is 0 Å². The molecule has 0 aromatic rings. The summed E-state index contributed by atoms with van der Waals surface area (Å²) in [6.45, 7) is 0. The Morgan fingerprint density at radius 3 is 0.667 bits per heavy atom. The SMILES string of the molecule is C#CC(O)C=CCCCCCCCCCC=CCCCCC=CCCCCC=CCCCCCCCCCCCCCC=CC(O)C#C. The quantitative estimate of drug-likeness (QED) is 0.0399. The predicted octanol–water partition coefficient (Wildman–Crippen LogP) is 13.5. The summed E-state index contributed by atoms with van der Waals surface area (Å²) in [5.74, 6) is 4.61. The molecule has 0 saturated heterocycles. The molecule has 0 fully saturated rings. The van der Waals surface area contributed by atoms with E-state index in [1.807, 2.05) is 12.2 Å². The van der Waals surface area contributed by atoms with Crippen LogP contribution in [0.3, 0.4) is 0 Å². The number of aliphatic hydroxyl groups is 2. The van der Waals surface area contributed by atoms with Crippen LogP contribution in [0.5, 0.6) is 0 Å². The van der Waals surface area contributed by atoms with Gasteiger partial charge in [-0.2, -0.15) is 0 Å². The highest BCUT2D eigenvalue weighted by Gasteiger charge is 1.95. The lowest BCUT2D eigenvalue weighted by Gasteiger charge is -2.02. The van der Waals surface area contributed by atoms with Crippen LogP contribution in [0.1, 0.15) is 193 Å². The minimum Gasteiger partial charge on any atom is -0.377 e. The molecule has 0 heterocycles. The Morgan fingerprint density at radius 1 is 0.292 bits per heavy atom. The van der Waals surface area contributed by atoms with Crippen molar-refractivity contribution in [3.8, 4) is 24.7 Å². The zero-order valence-electron chi connectivity index (χ0n) is 31.2. The van der Waals surface area contributed by atoms with Crippen molar-refractivity contribution in [1.29, 1.82) is 0 Å². The second-order valence-electron chi connectivity index (χ2n) is 13.6. The van der Waals surface area contributed by atoms with Gasteiger partial charge < -0.3 is 10.2 Å². The number of terminal acetylenes is 2. The first kappa shape index (κ1) is 45.7. The molecule has 0 spiro atoms. The van der Waals surface area contributed by atoms with E-state index in [9.17, 15) is 10.2 Å². The van der Waals surface area contributed by atoms with E-state index < -0.39 is 12.2 Å². The number of allylic oxidation sites excluding steroid dienone is 8. The van der Waals surface area contributed by atoms with E-state index in [2.05, 4.69) is 48.3 Å². The van der Waals surface area contributed by atoms with Crippen molar-refractivity contribution < 1.29 is 10.2 Å². The Labute approximate surface area is 299 Å². The summed E-state index contributed by atoms with van der Waals surface area (Å²) >= 11 is 0. The first-order chi connectivity index (χ1) is 23.7. The van der Waals surface area contributed by atoms with Gasteiger partial charge in [-0.15, -0.1) is 12.8 Å². The summed E-state index contributed by atoms with van der Waals surface area (Å²) in [5, 5.41) is 18.5. The molecular weight excluding hydrogens is 585 g/mol. The fraction of sp³-hybridized carbons (Fsp3) is 0.696. The van der Waals surface area contributed by atoms with Gasteiger partial charge in [-0.3, -0.25) is 0 Å². The van der Waals surface area contributed by atoms with Gasteiger partial charge in [0.2, 0.25) is 0 Å². The molecule has 2 nitrogen and oxygen atoms in total. The minimum absolute atomic E-state index is 0.717. The maximum absolute atomic E-state index is 9.26. The predicted molar refractivity (Wildman–Crippen MR) is 214 cm³/mol. The Kier molecular flexibility index (Phi) is 39.0. The van der Waals surface area contributed by atoms with Crippen LogP contribution >= 0.6 is 0 Å². The number of rotatable bonds is 36. The number of unbranched alkanes of at least 4 members (excludes halogenated alkanes) is 26. The first-order valence-corrected chi connectivity index (χ1v) is 20.3. The molecule has 0 aliphatic rings. The third-order valence-corrected chi connectivity index (χ3v) is 8.94. The third-order valence-electron chi connectivity index (χ3n) is 8.94. The van der Waals surface area contributed by atoms with Crippen LogP contribution in [0.15, 0.2) is 60.8 Å². The maximum atomic E-state index is 9.26. The number of aliphatic hydroxyl groups excluding tert-OH is 2. The second kappa shape index (κ2) is 40.9. The molecular formula is C46H76O2. The highest BCUT2D eigenvalue weighted by Crippen LogP contribution is 2.14. The normalized spacial score (nSPS) is 13.4. The van der Waals surface area contributed by atoms with Gasteiger partial charge in [0.1, 0.15) is 12.2 Å². The number of hydrogen-bond acceptors (Lipinski definition) is 2. The molecule has 48 heavy (non-hydrogen) atoms. The maximum Gasteiger partial charge on any atom is 0.133 e. The van der Waals surface area contributed by atoms with E-state index in [0.717, 1.165) is 12.8 Å². The van der Waals surface area contributed by atoms with Crippen molar-refractivity contribution >= 4 is 0 Å². The highest BCUT2D eigenvalue weighted by molar-refractivity contribution is 5.06. The lowest BCUT2D eigenvalue weighted by Crippen LogP contribution is -1.95. The van der Waals surface area contributed by atoms with Gasteiger partial charge in [0.25, 0.3) is 0 Å². The van der Waals surface area contributed by atoms with Crippen molar-refractivity contribution in [2.75, 3.05) is 0 Å². The molecule has 0 saturated carbocycles. The lowest BCUT2D eigenvalue weighted by molar-refractivity contribution is 0.280. The molecule has 2 atom stereocenters. The van der Waals surface area contributed by atoms with Gasteiger partial charge >= 0.3 is 0 Å². The van der Waals surface area contributed by atoms with E-state index >= 15 is 0 Å². The molecule has 0 radical (unpaired) electrons. The Morgan fingerprint density at radius 2 is 0.458 bits per heavy atom. The Bertz CT molecular complexity index is 877. The third kappa shape index (κ3) is 39.9. The van der Waals surface area contributed by atoms with Gasteiger partial charge in [-0.1, -0.05) is 150 Å². The van der Waals surface area contributed by atoms with Gasteiger partial charge in [0.05, 0.1) is 0 Å². The molecule has 2 unspecified atom stereocenters. The summed E-state index contributed by atoms with van der Waals surface area (Å²) in [5.41, 5.74) is 0. The summed E-state index contributed by atoms with van der Waals surface area (Å²) in [7, 11) is 0. The first-order valence-electron chi connectivity index (χ1n) is 20.3. The minimum atomic E-state index is -0.720. The highest BCUT2D eigenvalue weighted by atomic mass is 16.3. The van der Waals surface area contributed by atoms with Gasteiger partial charge in [-0.05, 0) is 115 Å². The smallest absolute Gasteiger partial charge is 0.133 e. The largest absolute Gasteiger partial charge is 0.377 e. The molecule has 2 heteroatoms. The van der Waals surface area contributed by atoms with Crippen LogP contribution in [0.2, 0.25) is 0 Å². The summed E-state index contributed by atoms with van der Waals surface area (Å²) in [4.78, 5) is 0. The monoisotopic (exact) mass is 661 g/mol. The molecule has 0 aromatic heterocycles. The van der Waals surface area contributed by atoms with E-state index in [-0.39, 0.29) is 0 Å². The Balaban J connectivity index is 3.26. The molecule has 2 N–H and O–H groups in total. The summed E-state index contributed by atoms with van der Waals surface area (Å²) in [6, 6.07) is 0. The van der Waals surface area contributed by atoms with Crippen molar-refractivity contribution in [2.24, 2.45) is 0 Å². The average molecular weight is 661 g/mol. The van der Waals surface area contributed by atoms with Gasteiger partial charge in [-0.25, -0.2) is 0 Å². The van der Waals surface area contributed by atoms with Crippen LogP contribution < -0.4 is 0 Å². The summed E-state index contributed by atoms with van der Waals surface area (Å²) < 4.78 is 0. The van der Waals surface area contributed by atoms with E-state index in [0.29, 0.717) is 0 Å².